The molecule has 2 atom stereocenters. The Labute approximate surface area is 126 Å². The van der Waals surface area contributed by atoms with Crippen molar-refractivity contribution in [3.8, 4) is 0 Å². The molecule has 2 rings (SSSR count). The van der Waals surface area contributed by atoms with Gasteiger partial charge in [0.05, 0.1) is 5.69 Å². The molecule has 0 saturated heterocycles. The third-order valence-electron chi connectivity index (χ3n) is 3.93. The fourth-order valence-corrected chi connectivity index (χ4v) is 2.48. The van der Waals surface area contributed by atoms with Crippen molar-refractivity contribution in [1.82, 2.24) is 15.1 Å². The molecule has 3 nitrogen and oxygen atoms in total. The highest BCUT2D eigenvalue weighted by molar-refractivity contribution is 5.27. The summed E-state index contributed by atoms with van der Waals surface area (Å²) in [4.78, 5) is 0. The summed E-state index contributed by atoms with van der Waals surface area (Å²) in [5, 5.41) is 7.88. The highest BCUT2D eigenvalue weighted by atomic mass is 19.1. The number of rotatable bonds is 6. The van der Waals surface area contributed by atoms with E-state index >= 15 is 0 Å². The van der Waals surface area contributed by atoms with Crippen LogP contribution in [0, 0.1) is 12.7 Å². The van der Waals surface area contributed by atoms with Gasteiger partial charge in [0, 0.05) is 24.7 Å². The predicted octanol–water partition coefficient (Wildman–Crippen LogP) is 3.80. The molecule has 0 radical (unpaired) electrons. The Balaban J connectivity index is 2.17. The van der Waals surface area contributed by atoms with E-state index in [-0.39, 0.29) is 11.9 Å². The van der Waals surface area contributed by atoms with E-state index in [9.17, 15) is 4.39 Å². The predicted molar refractivity (Wildman–Crippen MR) is 83.9 cm³/mol. The Bertz CT molecular complexity index is 571. The number of hydrogen-bond acceptors (Lipinski definition) is 2. The van der Waals surface area contributed by atoms with Crippen molar-refractivity contribution in [2.24, 2.45) is 0 Å². The second-order valence-corrected chi connectivity index (χ2v) is 5.65. The second-order valence-electron chi connectivity index (χ2n) is 5.65. The summed E-state index contributed by atoms with van der Waals surface area (Å²) in [5.74, 6) is -0.185. The zero-order valence-corrected chi connectivity index (χ0v) is 13.2. The molecule has 0 aliphatic heterocycles. The van der Waals surface area contributed by atoms with Crippen LogP contribution in [-0.4, -0.2) is 16.8 Å². The molecular weight excluding hydrogens is 265 g/mol. The first-order chi connectivity index (χ1) is 10.0. The van der Waals surface area contributed by atoms with E-state index in [2.05, 4.69) is 24.3 Å². The van der Waals surface area contributed by atoms with E-state index < -0.39 is 0 Å². The number of benzene rings is 1. The van der Waals surface area contributed by atoms with Crippen molar-refractivity contribution in [3.63, 3.8) is 0 Å². The van der Waals surface area contributed by atoms with Crippen molar-refractivity contribution >= 4 is 0 Å². The topological polar surface area (TPSA) is 29.9 Å². The molecule has 4 heteroatoms. The van der Waals surface area contributed by atoms with E-state index in [4.69, 9.17) is 0 Å². The Kier molecular flexibility index (Phi) is 5.12. The average Bonchev–Trinajstić information content (AvgIpc) is 2.91. The van der Waals surface area contributed by atoms with Crippen LogP contribution in [0.3, 0.4) is 0 Å². The van der Waals surface area contributed by atoms with Gasteiger partial charge in [0.2, 0.25) is 0 Å². The molecule has 2 unspecified atom stereocenters. The van der Waals surface area contributed by atoms with Gasteiger partial charge in [-0.1, -0.05) is 13.0 Å². The maximum atomic E-state index is 13.6. The van der Waals surface area contributed by atoms with Crippen LogP contribution in [-0.2, 0) is 6.42 Å². The first-order valence-electron chi connectivity index (χ1n) is 7.51. The Hall–Kier alpha value is -1.68. The van der Waals surface area contributed by atoms with Crippen molar-refractivity contribution in [2.75, 3.05) is 7.05 Å². The molecular formula is C17H24FN3. The van der Waals surface area contributed by atoms with Gasteiger partial charge in [0.25, 0.3) is 0 Å². The van der Waals surface area contributed by atoms with E-state index in [1.54, 1.807) is 12.1 Å². The molecule has 2 aromatic rings. The van der Waals surface area contributed by atoms with Gasteiger partial charge in [-0.2, -0.15) is 5.10 Å². The zero-order valence-electron chi connectivity index (χ0n) is 13.2. The van der Waals surface area contributed by atoms with Gasteiger partial charge in [-0.25, -0.2) is 4.39 Å². The van der Waals surface area contributed by atoms with Gasteiger partial charge in [-0.05, 0) is 56.6 Å². The van der Waals surface area contributed by atoms with Crippen LogP contribution in [0.15, 0.2) is 30.5 Å². The lowest BCUT2D eigenvalue weighted by molar-refractivity contribution is 0.469. The molecule has 0 bridgehead atoms. The molecule has 0 aliphatic rings. The number of hydrogen-bond donors (Lipinski definition) is 1. The summed E-state index contributed by atoms with van der Waals surface area (Å²) in [7, 11) is 1.90. The molecule has 21 heavy (non-hydrogen) atoms. The van der Waals surface area contributed by atoms with Crippen molar-refractivity contribution in [2.45, 2.75) is 45.7 Å². The van der Waals surface area contributed by atoms with E-state index in [0.29, 0.717) is 6.04 Å². The monoisotopic (exact) mass is 289 g/mol. The van der Waals surface area contributed by atoms with Crippen molar-refractivity contribution in [1.29, 1.82) is 0 Å². The smallest absolute Gasteiger partial charge is 0.123 e. The number of aromatic nitrogens is 2. The van der Waals surface area contributed by atoms with E-state index in [1.807, 2.05) is 37.0 Å². The Morgan fingerprint density at radius 3 is 2.71 bits per heavy atom. The molecule has 0 aliphatic carbocycles. The maximum absolute atomic E-state index is 13.6. The fourth-order valence-electron chi connectivity index (χ4n) is 2.48. The van der Waals surface area contributed by atoms with Gasteiger partial charge < -0.3 is 5.32 Å². The van der Waals surface area contributed by atoms with Crippen molar-refractivity contribution in [3.05, 3.63) is 53.1 Å². The SMILES string of the molecule is CCC(C)n1ccc(CC(NC)c2cc(C)cc(F)c2)n1. The van der Waals surface area contributed by atoms with Gasteiger partial charge in [-0.3, -0.25) is 4.68 Å². The molecule has 1 aromatic heterocycles. The van der Waals surface area contributed by atoms with E-state index in [1.165, 1.54) is 0 Å². The standard InChI is InChI=1S/C17H24FN3/c1-5-13(3)21-7-6-16(20-21)11-17(19-4)14-8-12(2)9-15(18)10-14/h6-10,13,17,19H,5,11H2,1-4H3. The minimum atomic E-state index is -0.185. The summed E-state index contributed by atoms with van der Waals surface area (Å²) in [5.41, 5.74) is 2.93. The number of halogens is 1. The highest BCUT2D eigenvalue weighted by Gasteiger charge is 2.14. The normalized spacial score (nSPS) is 14.1. The van der Waals surface area contributed by atoms with Crippen LogP contribution < -0.4 is 5.32 Å². The second kappa shape index (κ2) is 6.85. The third-order valence-corrected chi connectivity index (χ3v) is 3.93. The molecule has 0 fully saturated rings. The fraction of sp³-hybridized carbons (Fsp3) is 0.471. The first-order valence-corrected chi connectivity index (χ1v) is 7.51. The summed E-state index contributed by atoms with van der Waals surface area (Å²) in [6.45, 7) is 6.22. The van der Waals surface area contributed by atoms with Crippen LogP contribution in [0.4, 0.5) is 4.39 Å². The molecule has 0 spiro atoms. The molecule has 1 N–H and O–H groups in total. The summed E-state index contributed by atoms with van der Waals surface area (Å²) in [6, 6.07) is 7.69. The minimum Gasteiger partial charge on any atom is -0.313 e. The maximum Gasteiger partial charge on any atom is 0.123 e. The van der Waals surface area contributed by atoms with Gasteiger partial charge in [0.1, 0.15) is 5.82 Å². The van der Waals surface area contributed by atoms with Gasteiger partial charge in [-0.15, -0.1) is 0 Å². The zero-order chi connectivity index (χ0) is 15.4. The lowest BCUT2D eigenvalue weighted by Crippen LogP contribution is -2.19. The van der Waals surface area contributed by atoms with Crippen LogP contribution in [0.5, 0.6) is 0 Å². The summed E-state index contributed by atoms with van der Waals surface area (Å²) < 4.78 is 15.6. The average molecular weight is 289 g/mol. The molecule has 1 heterocycles. The van der Waals surface area contributed by atoms with Crippen LogP contribution in [0.1, 0.15) is 49.2 Å². The largest absolute Gasteiger partial charge is 0.313 e. The first kappa shape index (κ1) is 15.7. The number of nitrogens with zero attached hydrogens (tertiary/aromatic N) is 2. The quantitative estimate of drug-likeness (QED) is 0.876. The number of aryl methyl sites for hydroxylation is 1. The van der Waals surface area contributed by atoms with Gasteiger partial charge >= 0.3 is 0 Å². The number of likely N-dealkylation sites (N-methyl/N-ethyl adjacent to an activating group) is 1. The van der Waals surface area contributed by atoms with Gasteiger partial charge in [0.15, 0.2) is 0 Å². The Morgan fingerprint density at radius 2 is 2.10 bits per heavy atom. The lowest BCUT2D eigenvalue weighted by Gasteiger charge is -2.16. The van der Waals surface area contributed by atoms with Crippen LogP contribution in [0.2, 0.25) is 0 Å². The minimum absolute atomic E-state index is 0.0692. The summed E-state index contributed by atoms with van der Waals surface area (Å²) in [6.07, 6.45) is 3.83. The van der Waals surface area contributed by atoms with Crippen LogP contribution in [0.25, 0.3) is 0 Å². The molecule has 0 amide bonds. The lowest BCUT2D eigenvalue weighted by atomic mass is 10.0. The van der Waals surface area contributed by atoms with Crippen molar-refractivity contribution < 1.29 is 4.39 Å². The molecule has 114 valence electrons. The molecule has 1 aromatic carbocycles. The highest BCUT2D eigenvalue weighted by Crippen LogP contribution is 2.20. The van der Waals surface area contributed by atoms with Crippen LogP contribution >= 0.6 is 0 Å². The Morgan fingerprint density at radius 1 is 1.33 bits per heavy atom. The van der Waals surface area contributed by atoms with E-state index in [0.717, 1.165) is 29.7 Å². The molecule has 0 saturated carbocycles. The number of nitrogens with one attached hydrogen (secondary N) is 1. The third kappa shape index (κ3) is 3.91. The summed E-state index contributed by atoms with van der Waals surface area (Å²) >= 11 is 0.